The zero-order valence-electron chi connectivity index (χ0n) is 22.2. The number of aliphatic imine (C=N–C) groups is 3. The third-order valence-corrected chi connectivity index (χ3v) is 5.44. The van der Waals surface area contributed by atoms with E-state index < -0.39 is 12.6 Å². The fourth-order valence-corrected chi connectivity index (χ4v) is 3.20. The molecule has 7 nitrogen and oxygen atoms in total. The fraction of sp³-hybridized carbons (Fsp3) is 0.444. The van der Waals surface area contributed by atoms with Crippen molar-refractivity contribution in [3.05, 3.63) is 65.7 Å². The predicted molar refractivity (Wildman–Crippen MR) is 150 cm³/mol. The normalized spacial score (nSPS) is 14.4. The molecule has 0 bridgehead atoms. The monoisotopic (exact) mass is 537 g/mol. The summed E-state index contributed by atoms with van der Waals surface area (Å²) >= 11 is 0. The first-order valence-corrected chi connectivity index (χ1v) is 12.3. The first-order chi connectivity index (χ1) is 18.2. The zero-order chi connectivity index (χ0) is 28.2. The Morgan fingerprint density at radius 3 is 2.11 bits per heavy atom. The third kappa shape index (κ3) is 15.9. The van der Waals surface area contributed by atoms with Crippen LogP contribution in [0.3, 0.4) is 0 Å². The molecule has 0 atom stereocenters. The average Bonchev–Trinajstić information content (AvgIpc) is 2.92. The molecule has 0 aliphatic carbocycles. The summed E-state index contributed by atoms with van der Waals surface area (Å²) in [5.74, 6) is 0.770. The summed E-state index contributed by atoms with van der Waals surface area (Å²) in [6.45, 7) is 16.6. The van der Waals surface area contributed by atoms with Crippen LogP contribution in [0.2, 0.25) is 0 Å². The van der Waals surface area contributed by atoms with Crippen molar-refractivity contribution in [2.24, 2.45) is 15.0 Å². The number of hydrogen-bond acceptors (Lipinski definition) is 6. The van der Waals surface area contributed by atoms with Crippen LogP contribution in [0, 0.1) is 0 Å². The van der Waals surface area contributed by atoms with E-state index in [1.807, 2.05) is 31.2 Å². The van der Waals surface area contributed by atoms with Gasteiger partial charge in [0.1, 0.15) is 12.5 Å². The highest BCUT2D eigenvalue weighted by Crippen LogP contribution is 2.17. The molecule has 0 radical (unpaired) electrons. The lowest BCUT2D eigenvalue weighted by atomic mass is 10.2. The molecule has 0 aromatic heterocycles. The van der Waals surface area contributed by atoms with Crippen molar-refractivity contribution in [1.29, 1.82) is 0 Å². The van der Waals surface area contributed by atoms with Crippen LogP contribution in [-0.2, 0) is 13.1 Å². The molecule has 0 spiro atoms. The molecule has 0 saturated carbocycles. The maximum Gasteiger partial charge on any atom is 0.388 e. The Morgan fingerprint density at radius 1 is 0.947 bits per heavy atom. The number of anilines is 1. The van der Waals surface area contributed by atoms with Crippen molar-refractivity contribution < 1.29 is 17.7 Å². The Balaban J connectivity index is 0.000000328. The lowest BCUT2D eigenvalue weighted by Gasteiger charge is -2.33. The number of alkyl halides is 3. The van der Waals surface area contributed by atoms with E-state index in [9.17, 15) is 17.7 Å². The van der Waals surface area contributed by atoms with Gasteiger partial charge in [-0.25, -0.2) is 4.99 Å². The van der Waals surface area contributed by atoms with Gasteiger partial charge >= 0.3 is 6.18 Å². The molecule has 210 valence electrons. The minimum Gasteiger partial charge on any atom is -0.366 e. The van der Waals surface area contributed by atoms with Gasteiger partial charge in [0.25, 0.3) is 0 Å². The van der Waals surface area contributed by atoms with E-state index in [1.165, 1.54) is 5.56 Å². The molecule has 2 aromatic carbocycles. The molecule has 0 amide bonds. The highest BCUT2D eigenvalue weighted by Gasteiger charge is 2.22. The third-order valence-electron chi connectivity index (χ3n) is 5.44. The predicted octanol–water partition coefficient (Wildman–Crippen LogP) is 5.57. The van der Waals surface area contributed by atoms with Crippen LogP contribution in [-0.4, -0.2) is 74.8 Å². The molecule has 11 heteroatoms. The molecule has 2 aromatic rings. The van der Waals surface area contributed by atoms with Crippen molar-refractivity contribution >= 4 is 25.0 Å². The molecule has 2 N–H and O–H groups in total. The SMILES string of the molecule is C=N/C(C)=N\CN1CCN(Cc2ccccc2)CC1.C=NCNc1cccc(CNF)c1.CCC(F)(F)F. The largest absolute Gasteiger partial charge is 0.388 e. The first-order valence-electron chi connectivity index (χ1n) is 12.3. The smallest absolute Gasteiger partial charge is 0.366 e. The van der Waals surface area contributed by atoms with Crippen LogP contribution >= 0.6 is 0 Å². The quantitative estimate of drug-likeness (QED) is 0.190. The summed E-state index contributed by atoms with van der Waals surface area (Å²) in [7, 11) is 0. The Kier molecular flexibility index (Phi) is 16.4. The van der Waals surface area contributed by atoms with Gasteiger partial charge in [-0.2, -0.15) is 18.7 Å². The average molecular weight is 538 g/mol. The van der Waals surface area contributed by atoms with Gasteiger partial charge in [-0.05, 0) is 43.6 Å². The summed E-state index contributed by atoms with van der Waals surface area (Å²) in [4.78, 5) is 16.7. The van der Waals surface area contributed by atoms with E-state index in [2.05, 4.69) is 73.9 Å². The Morgan fingerprint density at radius 2 is 1.55 bits per heavy atom. The number of amidine groups is 1. The molecule has 0 unspecified atom stereocenters. The van der Waals surface area contributed by atoms with Gasteiger partial charge in [0.2, 0.25) is 0 Å². The summed E-state index contributed by atoms with van der Waals surface area (Å²) in [5, 5.41) is 3.01. The Labute approximate surface area is 223 Å². The van der Waals surface area contributed by atoms with Crippen LogP contribution in [0.25, 0.3) is 0 Å². The van der Waals surface area contributed by atoms with E-state index >= 15 is 0 Å². The highest BCUT2D eigenvalue weighted by atomic mass is 19.4. The molecule has 1 heterocycles. The van der Waals surface area contributed by atoms with Crippen LogP contribution in [0.1, 0.15) is 31.4 Å². The van der Waals surface area contributed by atoms with Crippen molar-refractivity contribution in [2.75, 3.05) is 44.8 Å². The lowest BCUT2D eigenvalue weighted by Crippen LogP contribution is -2.45. The molecule has 1 aliphatic rings. The second-order valence-electron chi connectivity index (χ2n) is 8.42. The second-order valence-corrected chi connectivity index (χ2v) is 8.42. The molecule has 1 saturated heterocycles. The fourth-order valence-electron chi connectivity index (χ4n) is 3.20. The lowest BCUT2D eigenvalue weighted by molar-refractivity contribution is -0.130. The van der Waals surface area contributed by atoms with Gasteiger partial charge in [-0.15, -0.1) is 4.48 Å². The standard InChI is InChI=1S/C15H22N4.C9H12FN3.C3H5F3/c1-14(16-2)17-13-19-10-8-18(9-11-19)12-15-6-4-3-5-7-15;1-11-7-12-9-4-2-3-8(5-9)6-13-10;1-2-3(4,5)6/h3-7H,2,8-13H2,1H3;2-5,12-13H,1,6-7H2;2H2,1H3/b17-14-;;. The topological polar surface area (TPSA) is 67.6 Å². The number of nitrogens with one attached hydrogen (secondary N) is 2. The van der Waals surface area contributed by atoms with E-state index in [0.717, 1.165) is 63.4 Å². The number of rotatable bonds is 9. The summed E-state index contributed by atoms with van der Waals surface area (Å²) in [6, 6.07) is 18.1. The molecular formula is C27H39F4N7. The molecule has 3 rings (SSSR count). The second kappa shape index (κ2) is 19.0. The number of hydrogen-bond donors (Lipinski definition) is 2. The number of halogens is 4. The summed E-state index contributed by atoms with van der Waals surface area (Å²) in [5.41, 5.74) is 4.80. The zero-order valence-corrected chi connectivity index (χ0v) is 22.2. The summed E-state index contributed by atoms with van der Waals surface area (Å²) < 4.78 is 44.1. The van der Waals surface area contributed by atoms with Crippen molar-refractivity contribution in [1.82, 2.24) is 15.3 Å². The van der Waals surface area contributed by atoms with E-state index in [-0.39, 0.29) is 6.54 Å². The van der Waals surface area contributed by atoms with Crippen LogP contribution < -0.4 is 10.9 Å². The van der Waals surface area contributed by atoms with Gasteiger partial charge < -0.3 is 5.32 Å². The molecular weight excluding hydrogens is 498 g/mol. The Bertz CT molecular complexity index is 944. The number of piperazine rings is 1. The highest BCUT2D eigenvalue weighted by molar-refractivity contribution is 5.83. The van der Waals surface area contributed by atoms with Crippen LogP contribution in [0.5, 0.6) is 0 Å². The van der Waals surface area contributed by atoms with E-state index in [0.29, 0.717) is 6.67 Å². The van der Waals surface area contributed by atoms with E-state index in [1.54, 1.807) is 5.54 Å². The summed E-state index contributed by atoms with van der Waals surface area (Å²) in [6.07, 6.45) is -4.69. The maximum absolute atomic E-state index is 11.8. The van der Waals surface area contributed by atoms with Gasteiger partial charge in [0.15, 0.2) is 0 Å². The molecule has 1 aliphatic heterocycles. The van der Waals surface area contributed by atoms with Gasteiger partial charge in [-0.1, -0.05) is 49.4 Å². The maximum atomic E-state index is 11.8. The van der Waals surface area contributed by atoms with Crippen molar-refractivity contribution in [2.45, 2.75) is 39.5 Å². The molecule has 38 heavy (non-hydrogen) atoms. The van der Waals surface area contributed by atoms with Crippen LogP contribution in [0.4, 0.5) is 23.3 Å². The van der Waals surface area contributed by atoms with Gasteiger partial charge in [-0.3, -0.25) is 19.8 Å². The Hall–Kier alpha value is -3.15. The minimum absolute atomic E-state index is 0.219. The number of nitrogens with zero attached hydrogens (tertiary/aromatic N) is 5. The van der Waals surface area contributed by atoms with Crippen molar-refractivity contribution in [3.63, 3.8) is 0 Å². The molecule has 1 fully saturated rings. The van der Waals surface area contributed by atoms with E-state index in [4.69, 9.17) is 0 Å². The van der Waals surface area contributed by atoms with Gasteiger partial charge in [0.05, 0.1) is 13.2 Å². The van der Waals surface area contributed by atoms with Gasteiger partial charge in [0, 0.05) is 44.8 Å². The minimum atomic E-state index is -3.96. The first kappa shape index (κ1) is 32.9. The number of benzene rings is 2. The van der Waals surface area contributed by atoms with Crippen molar-refractivity contribution in [3.8, 4) is 0 Å². The van der Waals surface area contributed by atoms with Crippen LogP contribution in [0.15, 0.2) is 69.6 Å².